The third-order valence-electron chi connectivity index (χ3n) is 3.15. The number of benzene rings is 2. The minimum absolute atomic E-state index is 0.0966. The SMILES string of the molecule is CCc1cccc(OCC(=O)Nc2ccc(Br)cc2C(=O)[O-])c1. The summed E-state index contributed by atoms with van der Waals surface area (Å²) in [6.45, 7) is 1.82. The van der Waals surface area contributed by atoms with Crippen molar-refractivity contribution in [3.05, 3.63) is 58.1 Å². The van der Waals surface area contributed by atoms with Gasteiger partial charge in [-0.25, -0.2) is 0 Å². The summed E-state index contributed by atoms with van der Waals surface area (Å²) in [5, 5.41) is 13.6. The fourth-order valence-electron chi connectivity index (χ4n) is 1.98. The van der Waals surface area contributed by atoms with Crippen molar-refractivity contribution in [2.75, 3.05) is 11.9 Å². The van der Waals surface area contributed by atoms with Crippen molar-refractivity contribution < 1.29 is 19.4 Å². The number of ether oxygens (including phenoxy) is 1. The average molecular weight is 377 g/mol. The lowest BCUT2D eigenvalue weighted by molar-refractivity contribution is -0.254. The van der Waals surface area contributed by atoms with E-state index in [1.165, 1.54) is 12.1 Å². The second-order valence-corrected chi connectivity index (χ2v) is 5.73. The first-order valence-corrected chi connectivity index (χ1v) is 7.81. The van der Waals surface area contributed by atoms with E-state index in [-0.39, 0.29) is 17.9 Å². The molecule has 0 aliphatic rings. The molecule has 0 radical (unpaired) electrons. The number of carboxylic acid groups (broad SMARTS) is 1. The number of hydrogen-bond donors (Lipinski definition) is 1. The Morgan fingerprint density at radius 1 is 1.22 bits per heavy atom. The summed E-state index contributed by atoms with van der Waals surface area (Å²) in [6, 6.07) is 11.9. The predicted molar refractivity (Wildman–Crippen MR) is 88.4 cm³/mol. The Kier molecular flexibility index (Phi) is 5.76. The zero-order valence-corrected chi connectivity index (χ0v) is 14.1. The molecular weight excluding hydrogens is 362 g/mol. The monoisotopic (exact) mass is 376 g/mol. The van der Waals surface area contributed by atoms with Crippen LogP contribution in [-0.2, 0) is 11.2 Å². The zero-order chi connectivity index (χ0) is 16.8. The van der Waals surface area contributed by atoms with Crippen LogP contribution in [-0.4, -0.2) is 18.5 Å². The lowest BCUT2D eigenvalue weighted by Crippen LogP contribution is -2.26. The van der Waals surface area contributed by atoms with Gasteiger partial charge in [0.05, 0.1) is 5.97 Å². The maximum absolute atomic E-state index is 11.9. The second-order valence-electron chi connectivity index (χ2n) is 4.82. The Morgan fingerprint density at radius 2 is 2.00 bits per heavy atom. The summed E-state index contributed by atoms with van der Waals surface area (Å²) in [4.78, 5) is 23.0. The number of halogens is 1. The van der Waals surface area contributed by atoms with E-state index in [9.17, 15) is 14.7 Å². The van der Waals surface area contributed by atoms with Crippen LogP contribution in [0.25, 0.3) is 0 Å². The van der Waals surface area contributed by atoms with Crippen molar-refractivity contribution in [2.45, 2.75) is 13.3 Å². The van der Waals surface area contributed by atoms with Crippen molar-refractivity contribution in [3.63, 3.8) is 0 Å². The summed E-state index contributed by atoms with van der Waals surface area (Å²) in [6.07, 6.45) is 0.872. The maximum atomic E-state index is 11.9. The van der Waals surface area contributed by atoms with E-state index in [1.807, 2.05) is 25.1 Å². The van der Waals surface area contributed by atoms with Crippen LogP contribution in [0.2, 0.25) is 0 Å². The Morgan fingerprint density at radius 3 is 2.70 bits per heavy atom. The molecule has 0 aliphatic heterocycles. The Balaban J connectivity index is 2.01. The van der Waals surface area contributed by atoms with E-state index >= 15 is 0 Å². The molecule has 0 aliphatic carbocycles. The highest BCUT2D eigenvalue weighted by Crippen LogP contribution is 2.20. The Labute approximate surface area is 142 Å². The van der Waals surface area contributed by atoms with E-state index in [0.29, 0.717) is 10.2 Å². The highest BCUT2D eigenvalue weighted by molar-refractivity contribution is 9.10. The largest absolute Gasteiger partial charge is 0.545 e. The van der Waals surface area contributed by atoms with Gasteiger partial charge in [-0.2, -0.15) is 0 Å². The number of amides is 1. The fraction of sp³-hybridized carbons (Fsp3) is 0.176. The normalized spacial score (nSPS) is 10.2. The Hall–Kier alpha value is -2.34. The van der Waals surface area contributed by atoms with Crippen molar-refractivity contribution in [1.82, 2.24) is 0 Å². The number of carbonyl (C=O) groups is 2. The van der Waals surface area contributed by atoms with Crippen molar-refractivity contribution >= 4 is 33.5 Å². The predicted octanol–water partition coefficient (Wildman–Crippen LogP) is 2.39. The van der Waals surface area contributed by atoms with Gasteiger partial charge in [-0.1, -0.05) is 35.0 Å². The molecule has 1 N–H and O–H groups in total. The van der Waals surface area contributed by atoms with Gasteiger partial charge < -0.3 is 20.0 Å². The molecule has 0 bridgehead atoms. The number of rotatable bonds is 6. The van der Waals surface area contributed by atoms with Crippen molar-refractivity contribution in [2.24, 2.45) is 0 Å². The smallest absolute Gasteiger partial charge is 0.262 e. The van der Waals surface area contributed by atoms with Crippen LogP contribution in [0.5, 0.6) is 5.75 Å². The van der Waals surface area contributed by atoms with Crippen LogP contribution in [0.4, 0.5) is 5.69 Å². The number of nitrogens with one attached hydrogen (secondary N) is 1. The van der Waals surface area contributed by atoms with Gasteiger partial charge in [0, 0.05) is 15.7 Å². The molecule has 0 spiro atoms. The summed E-state index contributed by atoms with van der Waals surface area (Å²) >= 11 is 3.18. The zero-order valence-electron chi connectivity index (χ0n) is 12.5. The summed E-state index contributed by atoms with van der Waals surface area (Å²) < 4.78 is 6.01. The van der Waals surface area contributed by atoms with Crippen LogP contribution in [0.3, 0.4) is 0 Å². The van der Waals surface area contributed by atoms with Crippen LogP contribution >= 0.6 is 15.9 Å². The number of carbonyl (C=O) groups excluding carboxylic acids is 2. The molecule has 2 rings (SSSR count). The minimum Gasteiger partial charge on any atom is -0.545 e. The first-order valence-electron chi connectivity index (χ1n) is 7.02. The van der Waals surface area contributed by atoms with E-state index in [2.05, 4.69) is 21.2 Å². The molecule has 0 fully saturated rings. The quantitative estimate of drug-likeness (QED) is 0.839. The van der Waals surface area contributed by atoms with Crippen LogP contribution in [0, 0.1) is 0 Å². The molecular formula is C17H15BrNO4-. The summed E-state index contributed by atoms with van der Waals surface area (Å²) in [7, 11) is 0. The standard InChI is InChI=1S/C17H16BrNO4/c1-2-11-4-3-5-13(8-11)23-10-16(20)19-15-7-6-12(18)9-14(15)17(21)22/h3-9H,2,10H2,1H3,(H,19,20)(H,21,22)/p-1. The molecule has 6 heteroatoms. The number of aryl methyl sites for hydroxylation is 1. The molecule has 2 aromatic carbocycles. The Bertz CT molecular complexity index is 730. The van der Waals surface area contributed by atoms with Gasteiger partial charge in [-0.15, -0.1) is 0 Å². The van der Waals surface area contributed by atoms with Crippen LogP contribution < -0.4 is 15.2 Å². The highest BCUT2D eigenvalue weighted by Gasteiger charge is 2.09. The molecule has 0 atom stereocenters. The van der Waals surface area contributed by atoms with Crippen LogP contribution in [0.1, 0.15) is 22.8 Å². The molecule has 0 unspecified atom stereocenters. The van der Waals surface area contributed by atoms with E-state index in [4.69, 9.17) is 4.74 Å². The maximum Gasteiger partial charge on any atom is 0.262 e. The lowest BCUT2D eigenvalue weighted by Gasteiger charge is -2.13. The van der Waals surface area contributed by atoms with Gasteiger partial charge in [0.15, 0.2) is 6.61 Å². The third kappa shape index (κ3) is 4.82. The first kappa shape index (κ1) is 17.0. The van der Waals surface area contributed by atoms with Gasteiger partial charge in [-0.05, 0) is 42.3 Å². The number of hydrogen-bond acceptors (Lipinski definition) is 4. The molecule has 0 heterocycles. The molecule has 0 saturated carbocycles. The number of carboxylic acids is 1. The minimum atomic E-state index is -1.36. The van der Waals surface area contributed by atoms with E-state index in [1.54, 1.807) is 12.1 Å². The molecule has 5 nitrogen and oxygen atoms in total. The van der Waals surface area contributed by atoms with Gasteiger partial charge in [0.1, 0.15) is 5.75 Å². The summed E-state index contributed by atoms with van der Waals surface area (Å²) in [5.41, 5.74) is 1.18. The number of aromatic carboxylic acids is 1. The molecule has 23 heavy (non-hydrogen) atoms. The van der Waals surface area contributed by atoms with Gasteiger partial charge >= 0.3 is 0 Å². The van der Waals surface area contributed by atoms with Crippen LogP contribution in [0.15, 0.2) is 46.9 Å². The summed E-state index contributed by atoms with van der Waals surface area (Å²) in [5.74, 6) is -1.22. The molecule has 0 saturated heterocycles. The molecule has 0 aromatic heterocycles. The van der Waals surface area contributed by atoms with Crippen molar-refractivity contribution in [1.29, 1.82) is 0 Å². The molecule has 2 aromatic rings. The first-order chi connectivity index (χ1) is 11.0. The second kappa shape index (κ2) is 7.78. The van der Waals surface area contributed by atoms with Gasteiger partial charge in [-0.3, -0.25) is 4.79 Å². The van der Waals surface area contributed by atoms with E-state index in [0.717, 1.165) is 12.0 Å². The molecule has 120 valence electrons. The highest BCUT2D eigenvalue weighted by atomic mass is 79.9. The fourth-order valence-corrected chi connectivity index (χ4v) is 2.35. The van der Waals surface area contributed by atoms with Crippen molar-refractivity contribution in [3.8, 4) is 5.75 Å². The number of anilines is 1. The molecule has 1 amide bonds. The lowest BCUT2D eigenvalue weighted by atomic mass is 10.2. The average Bonchev–Trinajstić information content (AvgIpc) is 2.54. The topological polar surface area (TPSA) is 78.5 Å². The van der Waals surface area contributed by atoms with Gasteiger partial charge in [0.2, 0.25) is 0 Å². The third-order valence-corrected chi connectivity index (χ3v) is 3.65. The van der Waals surface area contributed by atoms with E-state index < -0.39 is 11.9 Å². The van der Waals surface area contributed by atoms with Gasteiger partial charge in [0.25, 0.3) is 5.91 Å².